The van der Waals surface area contributed by atoms with Crippen LogP contribution in [0.5, 0.6) is 5.75 Å². The van der Waals surface area contributed by atoms with Gasteiger partial charge >= 0.3 is 5.97 Å². The normalized spacial score (nSPS) is 18.6. The van der Waals surface area contributed by atoms with Crippen LogP contribution in [0.4, 0.5) is 5.69 Å². The number of carboxylic acid groups (broad SMARTS) is 1. The van der Waals surface area contributed by atoms with E-state index in [4.69, 9.17) is 9.47 Å². The predicted molar refractivity (Wildman–Crippen MR) is 126 cm³/mol. The van der Waals surface area contributed by atoms with E-state index in [0.717, 1.165) is 71.8 Å². The van der Waals surface area contributed by atoms with E-state index >= 15 is 0 Å². The Hall–Kier alpha value is -3.21. The largest absolute Gasteiger partial charge is 0.501 e. The zero-order valence-electron chi connectivity index (χ0n) is 19.1. The summed E-state index contributed by atoms with van der Waals surface area (Å²) < 4.78 is 12.2. The van der Waals surface area contributed by atoms with Gasteiger partial charge in [-0.3, -0.25) is 0 Å². The van der Waals surface area contributed by atoms with Gasteiger partial charge in [0.1, 0.15) is 11.5 Å². The van der Waals surface area contributed by atoms with Gasteiger partial charge in [0.15, 0.2) is 0 Å². The van der Waals surface area contributed by atoms with Crippen LogP contribution in [0.1, 0.15) is 67.4 Å². The zero-order chi connectivity index (χ0) is 22.7. The molecular weight excluding hydrogens is 402 g/mol. The average Bonchev–Trinajstić information content (AvgIpc) is 2.82. The monoisotopic (exact) mass is 433 g/mol. The van der Waals surface area contributed by atoms with E-state index in [1.807, 2.05) is 25.3 Å². The number of hydrogen-bond donors (Lipinski definition) is 1. The molecule has 0 amide bonds. The van der Waals surface area contributed by atoms with Gasteiger partial charge in [-0.2, -0.15) is 0 Å². The Labute approximate surface area is 190 Å². The van der Waals surface area contributed by atoms with Crippen LogP contribution in [-0.4, -0.2) is 30.8 Å². The zero-order valence-corrected chi connectivity index (χ0v) is 19.1. The fourth-order valence-corrected chi connectivity index (χ4v) is 4.84. The predicted octanol–water partition coefficient (Wildman–Crippen LogP) is 6.11. The lowest BCUT2D eigenvalue weighted by atomic mass is 9.75. The summed E-state index contributed by atoms with van der Waals surface area (Å²) in [5.74, 6) is 0.579. The third kappa shape index (κ3) is 3.99. The van der Waals surface area contributed by atoms with Gasteiger partial charge in [-0.15, -0.1) is 0 Å². The number of carbonyl (C=O) groups is 1. The molecule has 1 heterocycles. The average molecular weight is 434 g/mol. The van der Waals surface area contributed by atoms with E-state index in [-0.39, 0.29) is 5.92 Å². The van der Waals surface area contributed by atoms with Crippen LogP contribution < -0.4 is 9.64 Å². The molecule has 0 saturated carbocycles. The second-order valence-electron chi connectivity index (χ2n) is 8.13. The maximum Gasteiger partial charge on any atom is 0.335 e. The molecular formula is C27H31NO4. The van der Waals surface area contributed by atoms with Gasteiger partial charge in [0.05, 0.1) is 18.4 Å². The van der Waals surface area contributed by atoms with Crippen LogP contribution >= 0.6 is 0 Å². The summed E-state index contributed by atoms with van der Waals surface area (Å²) >= 11 is 0. The highest BCUT2D eigenvalue weighted by atomic mass is 16.5. The van der Waals surface area contributed by atoms with E-state index < -0.39 is 5.97 Å². The molecule has 5 heteroatoms. The Bertz CT molecular complexity index is 1070. The summed E-state index contributed by atoms with van der Waals surface area (Å²) in [5, 5.41) is 9.90. The first-order chi connectivity index (χ1) is 15.6. The lowest BCUT2D eigenvalue weighted by Gasteiger charge is -2.36. The quantitative estimate of drug-likeness (QED) is 0.534. The van der Waals surface area contributed by atoms with Crippen molar-refractivity contribution in [3.8, 4) is 5.75 Å². The fraction of sp³-hybridized carbons (Fsp3) is 0.370. The van der Waals surface area contributed by atoms with Gasteiger partial charge in [0.2, 0.25) is 0 Å². The highest BCUT2D eigenvalue weighted by molar-refractivity contribution is 5.90. The number of hydrogen-bond acceptors (Lipinski definition) is 4. The Morgan fingerprint density at radius 2 is 1.91 bits per heavy atom. The molecule has 2 aromatic carbocycles. The summed E-state index contributed by atoms with van der Waals surface area (Å²) in [4.78, 5) is 14.4. The van der Waals surface area contributed by atoms with Crippen LogP contribution in [0.15, 0.2) is 65.6 Å². The van der Waals surface area contributed by atoms with Crippen molar-refractivity contribution in [3.05, 3.63) is 82.3 Å². The van der Waals surface area contributed by atoms with Crippen molar-refractivity contribution in [2.24, 2.45) is 0 Å². The number of fused-ring (bicyclic) bond motifs is 1. The number of aromatic carboxylic acids is 1. The Morgan fingerprint density at radius 3 is 2.62 bits per heavy atom. The third-order valence-corrected chi connectivity index (χ3v) is 6.37. The van der Waals surface area contributed by atoms with Crippen LogP contribution in [0.25, 0.3) is 0 Å². The van der Waals surface area contributed by atoms with Crippen molar-refractivity contribution in [2.75, 3.05) is 24.6 Å². The maximum atomic E-state index is 12.1. The molecule has 1 atom stereocenters. The Kier molecular flexibility index (Phi) is 6.54. The second kappa shape index (κ2) is 9.51. The van der Waals surface area contributed by atoms with Gasteiger partial charge < -0.3 is 19.5 Å². The number of ether oxygens (including phenoxy) is 2. The molecule has 1 N–H and O–H groups in total. The van der Waals surface area contributed by atoms with E-state index in [9.17, 15) is 9.90 Å². The first-order valence-electron chi connectivity index (χ1n) is 11.5. The molecule has 1 aliphatic heterocycles. The van der Waals surface area contributed by atoms with Crippen LogP contribution in [0, 0.1) is 0 Å². The molecule has 1 aliphatic carbocycles. The minimum absolute atomic E-state index is 0.155. The second-order valence-corrected chi connectivity index (χ2v) is 8.13. The Balaban J connectivity index is 1.92. The van der Waals surface area contributed by atoms with Crippen LogP contribution in [0.2, 0.25) is 0 Å². The molecule has 2 aliphatic rings. The summed E-state index contributed by atoms with van der Waals surface area (Å²) in [6.07, 6.45) is 4.56. The van der Waals surface area contributed by atoms with E-state index in [1.54, 1.807) is 12.1 Å². The number of benzene rings is 2. The lowest BCUT2D eigenvalue weighted by Crippen LogP contribution is -2.24. The fourth-order valence-electron chi connectivity index (χ4n) is 4.84. The number of anilines is 1. The summed E-state index contributed by atoms with van der Waals surface area (Å²) in [6, 6.07) is 13.7. The Morgan fingerprint density at radius 1 is 1.12 bits per heavy atom. The summed E-state index contributed by atoms with van der Waals surface area (Å²) in [5.41, 5.74) is 5.46. The number of allylic oxidation sites excluding steroid dienone is 2. The van der Waals surface area contributed by atoms with Crippen molar-refractivity contribution in [1.29, 1.82) is 0 Å². The molecule has 168 valence electrons. The van der Waals surface area contributed by atoms with Crippen molar-refractivity contribution in [2.45, 2.75) is 46.0 Å². The molecule has 0 bridgehead atoms. The summed E-state index contributed by atoms with van der Waals surface area (Å²) in [7, 11) is 0. The molecule has 5 nitrogen and oxygen atoms in total. The lowest BCUT2D eigenvalue weighted by molar-refractivity contribution is 0.0695. The molecule has 0 aromatic heterocycles. The summed E-state index contributed by atoms with van der Waals surface area (Å²) in [6.45, 7) is 8.66. The highest BCUT2D eigenvalue weighted by Gasteiger charge is 2.36. The number of carboxylic acids is 1. The van der Waals surface area contributed by atoms with Gasteiger partial charge in [-0.05, 0) is 63.3 Å². The molecule has 0 fully saturated rings. The van der Waals surface area contributed by atoms with Crippen molar-refractivity contribution in [3.63, 3.8) is 0 Å². The van der Waals surface area contributed by atoms with Crippen LogP contribution in [0.3, 0.4) is 0 Å². The van der Waals surface area contributed by atoms with E-state index in [0.29, 0.717) is 12.2 Å². The van der Waals surface area contributed by atoms with E-state index in [1.165, 1.54) is 0 Å². The number of nitrogens with zero attached hydrogens (tertiary/aromatic N) is 1. The molecule has 2 aromatic rings. The smallest absolute Gasteiger partial charge is 0.335 e. The molecule has 0 spiro atoms. The highest BCUT2D eigenvalue weighted by Crippen LogP contribution is 2.50. The van der Waals surface area contributed by atoms with Gasteiger partial charge in [-0.1, -0.05) is 24.3 Å². The van der Waals surface area contributed by atoms with Crippen LogP contribution in [-0.2, 0) is 4.74 Å². The molecule has 0 radical (unpaired) electrons. The molecule has 32 heavy (non-hydrogen) atoms. The van der Waals surface area contributed by atoms with Gasteiger partial charge in [0, 0.05) is 41.9 Å². The first-order valence-corrected chi connectivity index (χ1v) is 11.5. The molecule has 4 rings (SSSR count). The minimum Gasteiger partial charge on any atom is -0.501 e. The van der Waals surface area contributed by atoms with Crippen molar-refractivity contribution >= 4 is 11.7 Å². The molecule has 1 unspecified atom stereocenters. The molecule has 0 saturated heterocycles. The van der Waals surface area contributed by atoms with E-state index in [2.05, 4.69) is 36.9 Å². The van der Waals surface area contributed by atoms with Crippen molar-refractivity contribution < 1.29 is 19.4 Å². The van der Waals surface area contributed by atoms with Crippen molar-refractivity contribution in [1.82, 2.24) is 0 Å². The van der Waals surface area contributed by atoms with Gasteiger partial charge in [-0.25, -0.2) is 4.79 Å². The number of rotatable bonds is 7. The topological polar surface area (TPSA) is 59.0 Å². The van der Waals surface area contributed by atoms with Gasteiger partial charge in [0.25, 0.3) is 0 Å². The first kappa shape index (κ1) is 22.0. The SMILES string of the molecule is CCO/C=C1\CCCC2=C1Oc1cc(N(CC)CC)ccc1C2c1ccccc1C(=O)O. The standard InChI is InChI=1S/C27H31NO4/c1-4-28(5-2)19-14-15-22-24(16-19)32-26-18(17-31-6-3)10-9-13-23(26)25(22)20-11-7-8-12-21(20)27(29)30/h7-8,11-12,14-17,25H,4-6,9-10,13H2,1-3H3,(H,29,30)/b18-17+. The maximum absolute atomic E-state index is 12.1. The third-order valence-electron chi connectivity index (χ3n) is 6.37. The minimum atomic E-state index is -0.906.